The number of nitrogens with one attached hydrogen (secondary N) is 2. The zero-order valence-corrected chi connectivity index (χ0v) is 12.4. The fraction of sp³-hybridized carbons (Fsp3) is 0.467. The molecule has 1 unspecified atom stereocenters. The van der Waals surface area contributed by atoms with Gasteiger partial charge in [-0.2, -0.15) is 0 Å². The second-order valence-electron chi connectivity index (χ2n) is 5.93. The maximum atomic E-state index is 12.0. The van der Waals surface area contributed by atoms with E-state index in [4.69, 9.17) is 5.11 Å². The van der Waals surface area contributed by atoms with Crippen LogP contribution in [0.4, 0.5) is 10.5 Å². The Bertz CT molecular complexity index is 492. The van der Waals surface area contributed by atoms with Gasteiger partial charge in [0.1, 0.15) is 0 Å². The number of anilines is 1. The molecule has 1 aromatic carbocycles. The maximum Gasteiger partial charge on any atom is 0.319 e. The van der Waals surface area contributed by atoms with Crippen molar-refractivity contribution in [3.63, 3.8) is 0 Å². The number of urea groups is 1. The van der Waals surface area contributed by atoms with Gasteiger partial charge < -0.3 is 15.7 Å². The molecule has 0 aromatic heterocycles. The maximum absolute atomic E-state index is 12.0. The molecule has 0 fully saturated rings. The molecule has 3 N–H and O–H groups in total. The molecule has 0 aliphatic carbocycles. The molecule has 5 heteroatoms. The Balaban J connectivity index is 2.72. The fourth-order valence-corrected chi connectivity index (χ4v) is 1.78. The minimum Gasteiger partial charge on any atom is -0.481 e. The van der Waals surface area contributed by atoms with Crippen LogP contribution in [-0.4, -0.2) is 23.1 Å². The number of benzene rings is 1. The summed E-state index contributed by atoms with van der Waals surface area (Å²) in [6.45, 7) is 7.59. The third kappa shape index (κ3) is 4.91. The smallest absolute Gasteiger partial charge is 0.319 e. The number of carbonyl (C=O) groups excluding carboxylic acids is 1. The quantitative estimate of drug-likeness (QED) is 0.792. The van der Waals surface area contributed by atoms with E-state index in [1.807, 2.05) is 45.9 Å². The lowest BCUT2D eigenvalue weighted by molar-refractivity contribution is -0.138. The molecule has 0 spiro atoms. The van der Waals surface area contributed by atoms with Crippen molar-refractivity contribution in [1.82, 2.24) is 5.32 Å². The Morgan fingerprint density at radius 1 is 1.25 bits per heavy atom. The predicted octanol–water partition coefficient (Wildman–Crippen LogP) is 3.01. The lowest BCUT2D eigenvalue weighted by Crippen LogP contribution is -2.46. The van der Waals surface area contributed by atoms with Gasteiger partial charge in [-0.1, -0.05) is 39.0 Å². The van der Waals surface area contributed by atoms with Crippen LogP contribution in [0.15, 0.2) is 24.3 Å². The Morgan fingerprint density at radius 3 is 2.35 bits per heavy atom. The van der Waals surface area contributed by atoms with Gasteiger partial charge in [-0.05, 0) is 24.0 Å². The third-order valence-corrected chi connectivity index (χ3v) is 3.12. The molecule has 1 atom stereocenters. The van der Waals surface area contributed by atoms with Crippen molar-refractivity contribution >= 4 is 17.7 Å². The molecule has 5 nitrogen and oxygen atoms in total. The van der Waals surface area contributed by atoms with Crippen molar-refractivity contribution in [1.29, 1.82) is 0 Å². The van der Waals surface area contributed by atoms with Crippen molar-refractivity contribution in [2.75, 3.05) is 5.32 Å². The zero-order valence-electron chi connectivity index (χ0n) is 12.4. The molecule has 0 aliphatic heterocycles. The van der Waals surface area contributed by atoms with Gasteiger partial charge in [0.05, 0.1) is 6.42 Å². The van der Waals surface area contributed by atoms with Crippen LogP contribution in [0.5, 0.6) is 0 Å². The van der Waals surface area contributed by atoms with E-state index in [2.05, 4.69) is 10.6 Å². The highest BCUT2D eigenvalue weighted by atomic mass is 16.4. The summed E-state index contributed by atoms with van der Waals surface area (Å²) in [6.07, 6.45) is -0.106. The van der Waals surface area contributed by atoms with Crippen molar-refractivity contribution in [3.8, 4) is 0 Å². The second-order valence-corrected chi connectivity index (χ2v) is 5.93. The van der Waals surface area contributed by atoms with E-state index in [-0.39, 0.29) is 17.9 Å². The van der Waals surface area contributed by atoms with E-state index in [1.54, 1.807) is 6.07 Å². The highest BCUT2D eigenvalue weighted by Gasteiger charge is 2.28. The number of carbonyl (C=O) groups is 2. The molecule has 110 valence electrons. The van der Waals surface area contributed by atoms with Crippen molar-refractivity contribution in [2.45, 2.75) is 40.2 Å². The second kappa shape index (κ2) is 6.41. The van der Waals surface area contributed by atoms with Crippen LogP contribution in [0.25, 0.3) is 0 Å². The molecule has 0 saturated heterocycles. The number of aryl methyl sites for hydroxylation is 1. The minimum atomic E-state index is -0.930. The summed E-state index contributed by atoms with van der Waals surface area (Å²) in [7, 11) is 0. The average molecular weight is 278 g/mol. The molecule has 0 saturated carbocycles. The van der Waals surface area contributed by atoms with Gasteiger partial charge >= 0.3 is 12.0 Å². The molecule has 1 aromatic rings. The van der Waals surface area contributed by atoms with E-state index in [1.165, 1.54) is 0 Å². The summed E-state index contributed by atoms with van der Waals surface area (Å²) in [5.74, 6) is -0.930. The van der Waals surface area contributed by atoms with Crippen LogP contribution in [0.2, 0.25) is 0 Å². The van der Waals surface area contributed by atoms with Gasteiger partial charge in [0, 0.05) is 11.7 Å². The van der Waals surface area contributed by atoms with Gasteiger partial charge in [-0.3, -0.25) is 4.79 Å². The largest absolute Gasteiger partial charge is 0.481 e. The average Bonchev–Trinajstić information content (AvgIpc) is 2.29. The Morgan fingerprint density at radius 2 is 1.85 bits per heavy atom. The SMILES string of the molecule is Cc1ccccc1NC(=O)NC(CC(=O)O)C(C)(C)C. The van der Waals surface area contributed by atoms with Crippen LogP contribution < -0.4 is 10.6 Å². The van der Waals surface area contributed by atoms with E-state index in [0.717, 1.165) is 5.56 Å². The number of amides is 2. The lowest BCUT2D eigenvalue weighted by Gasteiger charge is -2.30. The molecule has 0 heterocycles. The topological polar surface area (TPSA) is 78.4 Å². The molecular weight excluding hydrogens is 256 g/mol. The molecule has 20 heavy (non-hydrogen) atoms. The van der Waals surface area contributed by atoms with Crippen LogP contribution >= 0.6 is 0 Å². The van der Waals surface area contributed by atoms with E-state index >= 15 is 0 Å². The number of carboxylic acid groups (broad SMARTS) is 1. The molecular formula is C15H22N2O3. The van der Waals surface area contributed by atoms with Crippen molar-refractivity contribution in [3.05, 3.63) is 29.8 Å². The lowest BCUT2D eigenvalue weighted by atomic mass is 9.85. The van der Waals surface area contributed by atoms with Crippen LogP contribution in [0.3, 0.4) is 0 Å². The van der Waals surface area contributed by atoms with Gasteiger partial charge in [-0.15, -0.1) is 0 Å². The zero-order chi connectivity index (χ0) is 15.3. The minimum absolute atomic E-state index is 0.106. The van der Waals surface area contributed by atoms with E-state index < -0.39 is 12.0 Å². The van der Waals surface area contributed by atoms with Gasteiger partial charge in [0.25, 0.3) is 0 Å². The van der Waals surface area contributed by atoms with Crippen LogP contribution in [0.1, 0.15) is 32.8 Å². The first-order valence-corrected chi connectivity index (χ1v) is 6.55. The summed E-state index contributed by atoms with van der Waals surface area (Å²) >= 11 is 0. The van der Waals surface area contributed by atoms with Gasteiger partial charge in [-0.25, -0.2) is 4.79 Å². The Hall–Kier alpha value is -2.04. The van der Waals surface area contributed by atoms with Crippen LogP contribution in [-0.2, 0) is 4.79 Å². The summed E-state index contributed by atoms with van der Waals surface area (Å²) < 4.78 is 0. The fourth-order valence-electron chi connectivity index (χ4n) is 1.78. The predicted molar refractivity (Wildman–Crippen MR) is 78.8 cm³/mol. The summed E-state index contributed by atoms with van der Waals surface area (Å²) in [6, 6.07) is 6.60. The van der Waals surface area contributed by atoms with E-state index in [0.29, 0.717) is 5.69 Å². The van der Waals surface area contributed by atoms with Crippen molar-refractivity contribution in [2.24, 2.45) is 5.41 Å². The monoisotopic (exact) mass is 278 g/mol. The normalized spacial score (nSPS) is 12.6. The first-order chi connectivity index (χ1) is 9.20. The molecule has 0 radical (unpaired) electrons. The first kappa shape index (κ1) is 16.0. The van der Waals surface area contributed by atoms with E-state index in [9.17, 15) is 9.59 Å². The number of hydrogen-bond acceptors (Lipinski definition) is 2. The highest BCUT2D eigenvalue weighted by Crippen LogP contribution is 2.22. The summed E-state index contributed by atoms with van der Waals surface area (Å²) in [5.41, 5.74) is 1.34. The molecule has 0 bridgehead atoms. The number of rotatable bonds is 4. The number of hydrogen-bond donors (Lipinski definition) is 3. The highest BCUT2D eigenvalue weighted by molar-refractivity contribution is 5.90. The number of aliphatic carboxylic acids is 1. The summed E-state index contributed by atoms with van der Waals surface area (Å²) in [5, 5.41) is 14.4. The standard InChI is InChI=1S/C15H22N2O3/c1-10-7-5-6-8-11(10)16-14(20)17-12(9-13(18)19)15(2,3)4/h5-8,12H,9H2,1-4H3,(H,18,19)(H2,16,17,20). The van der Waals surface area contributed by atoms with Gasteiger partial charge in [0.2, 0.25) is 0 Å². The Labute approximate surface area is 119 Å². The summed E-state index contributed by atoms with van der Waals surface area (Å²) in [4.78, 5) is 22.9. The van der Waals surface area contributed by atoms with Crippen LogP contribution in [0, 0.1) is 12.3 Å². The van der Waals surface area contributed by atoms with Gasteiger partial charge in [0.15, 0.2) is 0 Å². The molecule has 1 rings (SSSR count). The van der Waals surface area contributed by atoms with Crippen molar-refractivity contribution < 1.29 is 14.7 Å². The molecule has 0 aliphatic rings. The number of para-hydroxylation sites is 1. The molecule has 2 amide bonds. The Kier molecular flexibility index (Phi) is 5.13. The third-order valence-electron chi connectivity index (χ3n) is 3.12. The first-order valence-electron chi connectivity index (χ1n) is 6.55. The number of carboxylic acids is 1.